The fourth-order valence-electron chi connectivity index (χ4n) is 2.79. The van der Waals surface area contributed by atoms with E-state index in [0.717, 1.165) is 23.9 Å². The maximum absolute atomic E-state index is 6.06. The van der Waals surface area contributed by atoms with Crippen molar-refractivity contribution < 1.29 is 4.74 Å². The molecule has 3 nitrogen and oxygen atoms in total. The minimum absolute atomic E-state index is 0.835. The highest BCUT2D eigenvalue weighted by Gasteiger charge is 2.21. The van der Waals surface area contributed by atoms with E-state index in [-0.39, 0.29) is 0 Å². The van der Waals surface area contributed by atoms with Crippen molar-refractivity contribution in [1.82, 2.24) is 4.90 Å². The summed E-state index contributed by atoms with van der Waals surface area (Å²) in [6.45, 7) is 5.66. The number of rotatable bonds is 5. The Morgan fingerprint density at radius 1 is 1.44 bits per heavy atom. The third kappa shape index (κ3) is 3.16. The maximum atomic E-state index is 6.06. The first-order valence-corrected chi connectivity index (χ1v) is 6.87. The second-order valence-electron chi connectivity index (χ2n) is 5.24. The average molecular weight is 248 g/mol. The van der Waals surface area contributed by atoms with E-state index >= 15 is 0 Å². The molecule has 1 heterocycles. The lowest BCUT2D eigenvalue weighted by Gasteiger charge is -2.17. The summed E-state index contributed by atoms with van der Waals surface area (Å²) in [6, 6.07) is 5.99. The minimum Gasteiger partial charge on any atom is -0.497 e. The lowest BCUT2D eigenvalue weighted by Crippen LogP contribution is -2.20. The first kappa shape index (κ1) is 13.2. The van der Waals surface area contributed by atoms with Crippen molar-refractivity contribution in [3.63, 3.8) is 0 Å². The molecule has 0 aromatic heterocycles. The molecule has 0 bridgehead atoms. The third-order valence-electron chi connectivity index (χ3n) is 3.81. The van der Waals surface area contributed by atoms with E-state index < -0.39 is 0 Å². The van der Waals surface area contributed by atoms with Gasteiger partial charge in [-0.05, 0) is 36.9 Å². The van der Waals surface area contributed by atoms with Crippen LogP contribution >= 0.6 is 0 Å². The van der Waals surface area contributed by atoms with Crippen molar-refractivity contribution in [1.29, 1.82) is 0 Å². The number of likely N-dealkylation sites (tertiary alicyclic amines) is 1. The molecule has 100 valence electrons. The van der Waals surface area contributed by atoms with Crippen LogP contribution in [0.25, 0.3) is 0 Å². The lowest BCUT2D eigenvalue weighted by atomic mass is 10.0. The van der Waals surface area contributed by atoms with Crippen LogP contribution in [0.4, 0.5) is 5.69 Å². The molecule has 1 aromatic carbocycles. The summed E-state index contributed by atoms with van der Waals surface area (Å²) in [5.74, 6) is 1.72. The van der Waals surface area contributed by atoms with Crippen molar-refractivity contribution in [2.24, 2.45) is 5.92 Å². The molecule has 1 aliphatic heterocycles. The summed E-state index contributed by atoms with van der Waals surface area (Å²) in [5.41, 5.74) is 8.12. The Labute approximate surface area is 110 Å². The van der Waals surface area contributed by atoms with Gasteiger partial charge in [0, 0.05) is 24.8 Å². The van der Waals surface area contributed by atoms with E-state index in [9.17, 15) is 0 Å². The number of methoxy groups -OCH3 is 1. The highest BCUT2D eigenvalue weighted by Crippen LogP contribution is 2.25. The van der Waals surface area contributed by atoms with E-state index in [0.29, 0.717) is 0 Å². The van der Waals surface area contributed by atoms with Gasteiger partial charge in [-0.15, -0.1) is 0 Å². The van der Waals surface area contributed by atoms with Crippen LogP contribution in [0.5, 0.6) is 5.75 Å². The average Bonchev–Trinajstić information content (AvgIpc) is 2.80. The fourth-order valence-corrected chi connectivity index (χ4v) is 2.79. The molecule has 0 aliphatic carbocycles. The van der Waals surface area contributed by atoms with Gasteiger partial charge in [-0.25, -0.2) is 0 Å². The number of benzene rings is 1. The summed E-state index contributed by atoms with van der Waals surface area (Å²) in [4.78, 5) is 2.51. The zero-order valence-corrected chi connectivity index (χ0v) is 11.5. The molecule has 1 unspecified atom stereocenters. The number of nitrogen functional groups attached to an aromatic ring is 1. The van der Waals surface area contributed by atoms with Crippen molar-refractivity contribution >= 4 is 5.69 Å². The standard InChI is InChI=1S/C15H24N2O/c1-3-4-12-7-8-17(10-12)11-13-5-6-14(18-2)9-15(13)16/h5-6,9,12H,3-4,7-8,10-11,16H2,1-2H3. The number of nitrogens with zero attached hydrogens (tertiary/aromatic N) is 1. The van der Waals surface area contributed by atoms with E-state index in [4.69, 9.17) is 10.5 Å². The van der Waals surface area contributed by atoms with Gasteiger partial charge < -0.3 is 10.5 Å². The van der Waals surface area contributed by atoms with Crippen molar-refractivity contribution in [3.8, 4) is 5.75 Å². The van der Waals surface area contributed by atoms with E-state index in [1.807, 2.05) is 12.1 Å². The Kier molecular flexibility index (Phi) is 4.48. The van der Waals surface area contributed by atoms with Gasteiger partial charge in [0.2, 0.25) is 0 Å². The Morgan fingerprint density at radius 2 is 2.28 bits per heavy atom. The predicted molar refractivity (Wildman–Crippen MR) is 75.7 cm³/mol. The Hall–Kier alpha value is -1.22. The van der Waals surface area contributed by atoms with Crippen LogP contribution in [0.1, 0.15) is 31.7 Å². The summed E-state index contributed by atoms with van der Waals surface area (Å²) in [6.07, 6.45) is 3.99. The van der Waals surface area contributed by atoms with E-state index in [1.165, 1.54) is 37.9 Å². The highest BCUT2D eigenvalue weighted by molar-refractivity contribution is 5.51. The monoisotopic (exact) mass is 248 g/mol. The molecule has 0 radical (unpaired) electrons. The molecule has 0 amide bonds. The highest BCUT2D eigenvalue weighted by atomic mass is 16.5. The summed E-state index contributed by atoms with van der Waals surface area (Å²) >= 11 is 0. The van der Waals surface area contributed by atoms with Gasteiger partial charge in [-0.2, -0.15) is 0 Å². The van der Waals surface area contributed by atoms with Crippen LogP contribution in [0.3, 0.4) is 0 Å². The van der Waals surface area contributed by atoms with Gasteiger partial charge in [0.1, 0.15) is 5.75 Å². The summed E-state index contributed by atoms with van der Waals surface area (Å²) in [5, 5.41) is 0. The molecule has 2 N–H and O–H groups in total. The van der Waals surface area contributed by atoms with Crippen molar-refractivity contribution in [2.45, 2.75) is 32.7 Å². The predicted octanol–water partition coefficient (Wildman–Crippen LogP) is 2.90. The lowest BCUT2D eigenvalue weighted by molar-refractivity contribution is 0.313. The number of ether oxygens (including phenoxy) is 1. The normalized spacial score (nSPS) is 20.2. The van der Waals surface area contributed by atoms with Crippen LogP contribution < -0.4 is 10.5 Å². The summed E-state index contributed by atoms with van der Waals surface area (Å²) < 4.78 is 5.18. The quantitative estimate of drug-likeness (QED) is 0.814. The molecule has 1 aliphatic rings. The molecular weight excluding hydrogens is 224 g/mol. The zero-order chi connectivity index (χ0) is 13.0. The zero-order valence-electron chi connectivity index (χ0n) is 11.5. The van der Waals surface area contributed by atoms with Crippen molar-refractivity contribution in [3.05, 3.63) is 23.8 Å². The molecule has 0 spiro atoms. The fraction of sp³-hybridized carbons (Fsp3) is 0.600. The Morgan fingerprint density at radius 3 is 2.94 bits per heavy atom. The van der Waals surface area contributed by atoms with E-state index in [2.05, 4.69) is 17.9 Å². The van der Waals surface area contributed by atoms with Gasteiger partial charge in [-0.1, -0.05) is 19.4 Å². The van der Waals surface area contributed by atoms with E-state index in [1.54, 1.807) is 7.11 Å². The van der Waals surface area contributed by atoms with Crippen LogP contribution in [-0.4, -0.2) is 25.1 Å². The molecule has 1 aromatic rings. The number of hydrogen-bond donors (Lipinski definition) is 1. The molecule has 18 heavy (non-hydrogen) atoms. The molecule has 1 fully saturated rings. The number of hydrogen-bond acceptors (Lipinski definition) is 3. The van der Waals surface area contributed by atoms with Gasteiger partial charge >= 0.3 is 0 Å². The van der Waals surface area contributed by atoms with Gasteiger partial charge in [0.25, 0.3) is 0 Å². The van der Waals surface area contributed by atoms with Gasteiger partial charge in [-0.3, -0.25) is 4.90 Å². The molecule has 3 heteroatoms. The number of anilines is 1. The van der Waals surface area contributed by atoms with Crippen LogP contribution in [0, 0.1) is 5.92 Å². The second-order valence-corrected chi connectivity index (χ2v) is 5.24. The smallest absolute Gasteiger partial charge is 0.120 e. The topological polar surface area (TPSA) is 38.5 Å². The SMILES string of the molecule is CCCC1CCN(Cc2ccc(OC)cc2N)C1. The Balaban J connectivity index is 1.94. The molecular formula is C15H24N2O. The molecule has 1 atom stereocenters. The maximum Gasteiger partial charge on any atom is 0.120 e. The van der Waals surface area contributed by atoms with Crippen LogP contribution in [-0.2, 0) is 6.54 Å². The van der Waals surface area contributed by atoms with Crippen LogP contribution in [0.15, 0.2) is 18.2 Å². The first-order valence-electron chi connectivity index (χ1n) is 6.87. The van der Waals surface area contributed by atoms with Gasteiger partial charge in [0.15, 0.2) is 0 Å². The molecule has 1 saturated heterocycles. The van der Waals surface area contributed by atoms with Gasteiger partial charge in [0.05, 0.1) is 7.11 Å². The Bertz CT molecular complexity index is 392. The third-order valence-corrected chi connectivity index (χ3v) is 3.81. The number of nitrogens with two attached hydrogens (primary N) is 1. The van der Waals surface area contributed by atoms with Crippen molar-refractivity contribution in [2.75, 3.05) is 25.9 Å². The largest absolute Gasteiger partial charge is 0.497 e. The second kappa shape index (κ2) is 6.10. The minimum atomic E-state index is 0.835. The summed E-state index contributed by atoms with van der Waals surface area (Å²) in [7, 11) is 1.67. The van der Waals surface area contributed by atoms with Crippen LogP contribution in [0.2, 0.25) is 0 Å². The first-order chi connectivity index (χ1) is 8.72. The molecule has 0 saturated carbocycles. The molecule has 2 rings (SSSR count).